The molecule has 0 unspecified atom stereocenters. The van der Waals surface area contributed by atoms with Gasteiger partial charge in [-0.25, -0.2) is 0 Å². The predicted molar refractivity (Wildman–Crippen MR) is 110 cm³/mol. The Kier molecular flexibility index (Phi) is 7.39. The quantitative estimate of drug-likeness (QED) is 0.790. The Morgan fingerprint density at radius 1 is 1.07 bits per heavy atom. The van der Waals surface area contributed by atoms with Gasteiger partial charge in [0.05, 0.1) is 12.6 Å². The monoisotopic (exact) mass is 387 g/mol. The molecule has 0 saturated heterocycles. The van der Waals surface area contributed by atoms with Crippen molar-refractivity contribution in [3.8, 4) is 0 Å². The molecular formula is C21H26ClN3O2. The number of nitrogens with zero attached hydrogens (tertiary/aromatic N) is 2. The van der Waals surface area contributed by atoms with Gasteiger partial charge in [-0.3, -0.25) is 14.5 Å². The van der Waals surface area contributed by atoms with Crippen LogP contribution in [-0.2, 0) is 16.1 Å². The van der Waals surface area contributed by atoms with Crippen LogP contribution < -0.4 is 5.32 Å². The Balaban J connectivity index is 1.89. The Morgan fingerprint density at radius 3 is 2.33 bits per heavy atom. The SMILES string of the molecule is Cc1ccc(NC(=O)CN(C)C(=O)[C@@H](C)N(C)Cc2ccccc2Cl)cc1. The minimum absolute atomic E-state index is 0.00299. The van der Waals surface area contributed by atoms with Gasteiger partial charge in [0.25, 0.3) is 0 Å². The Bertz CT molecular complexity index is 792. The number of carbonyl (C=O) groups is 2. The lowest BCUT2D eigenvalue weighted by Crippen LogP contribution is -2.46. The zero-order valence-electron chi connectivity index (χ0n) is 16.2. The number of hydrogen-bond acceptors (Lipinski definition) is 3. The molecule has 2 aromatic carbocycles. The van der Waals surface area contributed by atoms with Crippen molar-refractivity contribution in [3.05, 3.63) is 64.7 Å². The topological polar surface area (TPSA) is 52.7 Å². The molecule has 1 N–H and O–H groups in total. The van der Waals surface area contributed by atoms with Crippen LogP contribution in [0.25, 0.3) is 0 Å². The van der Waals surface area contributed by atoms with Crippen LogP contribution in [0.5, 0.6) is 0 Å². The summed E-state index contributed by atoms with van der Waals surface area (Å²) in [6.45, 7) is 4.36. The maximum Gasteiger partial charge on any atom is 0.243 e. The van der Waals surface area contributed by atoms with Gasteiger partial charge in [0.2, 0.25) is 11.8 Å². The fourth-order valence-corrected chi connectivity index (χ4v) is 2.87. The Hall–Kier alpha value is -2.37. The number of nitrogens with one attached hydrogen (secondary N) is 1. The number of rotatable bonds is 7. The van der Waals surface area contributed by atoms with Crippen molar-refractivity contribution in [3.63, 3.8) is 0 Å². The third kappa shape index (κ3) is 6.08. The summed E-state index contributed by atoms with van der Waals surface area (Å²) in [5.41, 5.74) is 2.80. The molecule has 0 bridgehead atoms. The summed E-state index contributed by atoms with van der Waals surface area (Å²) >= 11 is 6.20. The van der Waals surface area contributed by atoms with E-state index in [9.17, 15) is 9.59 Å². The lowest BCUT2D eigenvalue weighted by Gasteiger charge is -2.28. The first kappa shape index (κ1) is 20.9. The molecule has 0 radical (unpaired) electrons. The molecule has 0 aromatic heterocycles. The normalized spacial score (nSPS) is 11.9. The molecule has 2 amide bonds. The smallest absolute Gasteiger partial charge is 0.243 e. The molecule has 5 nitrogen and oxygen atoms in total. The van der Waals surface area contributed by atoms with Crippen LogP contribution >= 0.6 is 11.6 Å². The molecular weight excluding hydrogens is 362 g/mol. The second-order valence-corrected chi connectivity index (χ2v) is 7.20. The van der Waals surface area contributed by atoms with E-state index in [1.54, 1.807) is 7.05 Å². The van der Waals surface area contributed by atoms with Gasteiger partial charge in [-0.05, 0) is 44.7 Å². The number of aryl methyl sites for hydroxylation is 1. The molecule has 6 heteroatoms. The van der Waals surface area contributed by atoms with E-state index in [1.807, 2.05) is 74.3 Å². The van der Waals surface area contributed by atoms with E-state index < -0.39 is 0 Å². The average molecular weight is 388 g/mol. The van der Waals surface area contributed by atoms with E-state index in [-0.39, 0.29) is 24.4 Å². The summed E-state index contributed by atoms with van der Waals surface area (Å²) in [6, 6.07) is 14.7. The first-order chi connectivity index (χ1) is 12.8. The van der Waals surface area contributed by atoms with E-state index >= 15 is 0 Å². The van der Waals surface area contributed by atoms with Crippen LogP contribution in [0.4, 0.5) is 5.69 Å². The number of anilines is 1. The number of benzene rings is 2. The second kappa shape index (κ2) is 9.53. The van der Waals surface area contributed by atoms with E-state index in [2.05, 4.69) is 5.32 Å². The van der Waals surface area contributed by atoms with Gasteiger partial charge >= 0.3 is 0 Å². The summed E-state index contributed by atoms with van der Waals surface area (Å²) in [4.78, 5) is 28.2. The van der Waals surface area contributed by atoms with Gasteiger partial charge in [0.1, 0.15) is 0 Å². The Labute approximate surface area is 165 Å². The minimum Gasteiger partial charge on any atom is -0.335 e. The Morgan fingerprint density at radius 2 is 1.70 bits per heavy atom. The first-order valence-corrected chi connectivity index (χ1v) is 9.21. The highest BCUT2D eigenvalue weighted by Crippen LogP contribution is 2.17. The molecule has 0 spiro atoms. The highest BCUT2D eigenvalue weighted by atomic mass is 35.5. The van der Waals surface area contributed by atoms with Crippen LogP contribution in [0.1, 0.15) is 18.1 Å². The van der Waals surface area contributed by atoms with Crippen LogP contribution in [-0.4, -0.2) is 48.3 Å². The number of likely N-dealkylation sites (N-methyl/N-ethyl adjacent to an activating group) is 2. The van der Waals surface area contributed by atoms with Crippen molar-refractivity contribution in [2.24, 2.45) is 0 Å². The zero-order valence-corrected chi connectivity index (χ0v) is 17.0. The molecule has 0 saturated carbocycles. The van der Waals surface area contributed by atoms with Crippen LogP contribution in [0.3, 0.4) is 0 Å². The summed E-state index contributed by atoms with van der Waals surface area (Å²) < 4.78 is 0. The number of halogens is 1. The number of hydrogen-bond donors (Lipinski definition) is 1. The summed E-state index contributed by atoms with van der Waals surface area (Å²) in [7, 11) is 3.50. The molecule has 144 valence electrons. The van der Waals surface area contributed by atoms with Crippen LogP contribution in [0, 0.1) is 6.92 Å². The lowest BCUT2D eigenvalue weighted by atomic mass is 10.2. The first-order valence-electron chi connectivity index (χ1n) is 8.83. The summed E-state index contributed by atoms with van der Waals surface area (Å²) in [5.74, 6) is -0.348. The maximum atomic E-state index is 12.7. The summed E-state index contributed by atoms with van der Waals surface area (Å²) in [6.07, 6.45) is 0. The van der Waals surface area contributed by atoms with Crippen molar-refractivity contribution < 1.29 is 9.59 Å². The van der Waals surface area contributed by atoms with Crippen LogP contribution in [0.2, 0.25) is 5.02 Å². The molecule has 0 aliphatic rings. The highest BCUT2D eigenvalue weighted by Gasteiger charge is 2.23. The van der Waals surface area contributed by atoms with Gasteiger partial charge in [0.15, 0.2) is 0 Å². The van der Waals surface area contributed by atoms with E-state index in [1.165, 1.54) is 4.90 Å². The second-order valence-electron chi connectivity index (χ2n) is 6.79. The molecule has 0 heterocycles. The van der Waals surface area contributed by atoms with Gasteiger partial charge < -0.3 is 10.2 Å². The molecule has 1 atom stereocenters. The van der Waals surface area contributed by atoms with Crippen molar-refractivity contribution in [2.75, 3.05) is 26.0 Å². The third-order valence-electron chi connectivity index (χ3n) is 4.49. The molecule has 0 aliphatic carbocycles. The van der Waals surface area contributed by atoms with Crippen LogP contribution in [0.15, 0.2) is 48.5 Å². The van der Waals surface area contributed by atoms with E-state index in [0.29, 0.717) is 11.6 Å². The summed E-state index contributed by atoms with van der Waals surface area (Å²) in [5, 5.41) is 3.48. The predicted octanol–water partition coefficient (Wildman–Crippen LogP) is 3.57. The lowest BCUT2D eigenvalue weighted by molar-refractivity contribution is -0.137. The van der Waals surface area contributed by atoms with Crippen molar-refractivity contribution in [1.29, 1.82) is 0 Å². The molecule has 0 aliphatic heterocycles. The average Bonchev–Trinajstić information content (AvgIpc) is 2.64. The van der Waals surface area contributed by atoms with Gasteiger partial charge in [0, 0.05) is 24.3 Å². The minimum atomic E-state index is -0.376. The number of amides is 2. The van der Waals surface area contributed by atoms with Gasteiger partial charge in [-0.15, -0.1) is 0 Å². The van der Waals surface area contributed by atoms with Crippen molar-refractivity contribution >= 4 is 29.1 Å². The van der Waals surface area contributed by atoms with E-state index in [4.69, 9.17) is 11.6 Å². The fraction of sp³-hybridized carbons (Fsp3) is 0.333. The molecule has 2 rings (SSSR count). The van der Waals surface area contributed by atoms with Crippen molar-refractivity contribution in [1.82, 2.24) is 9.80 Å². The third-order valence-corrected chi connectivity index (χ3v) is 4.86. The number of carbonyl (C=O) groups excluding carboxylic acids is 2. The molecule has 0 fully saturated rings. The standard InChI is InChI=1S/C21H26ClN3O2/c1-15-9-11-18(12-10-15)23-20(26)14-25(4)21(27)16(2)24(3)13-17-7-5-6-8-19(17)22/h5-12,16H,13-14H2,1-4H3,(H,23,26)/t16-/m1/s1. The zero-order chi connectivity index (χ0) is 20.0. The van der Waals surface area contributed by atoms with Gasteiger partial charge in [-0.1, -0.05) is 47.5 Å². The molecule has 27 heavy (non-hydrogen) atoms. The maximum absolute atomic E-state index is 12.7. The van der Waals surface area contributed by atoms with Gasteiger partial charge in [-0.2, -0.15) is 0 Å². The largest absolute Gasteiger partial charge is 0.335 e. The fourth-order valence-electron chi connectivity index (χ4n) is 2.67. The highest BCUT2D eigenvalue weighted by molar-refractivity contribution is 6.31. The van der Waals surface area contributed by atoms with E-state index in [0.717, 1.165) is 16.8 Å². The van der Waals surface area contributed by atoms with Crippen molar-refractivity contribution in [2.45, 2.75) is 26.4 Å². The molecule has 2 aromatic rings.